The highest BCUT2D eigenvalue weighted by atomic mass is 32.2. The van der Waals surface area contributed by atoms with Crippen LogP contribution in [0.3, 0.4) is 0 Å². The van der Waals surface area contributed by atoms with Crippen molar-refractivity contribution in [1.29, 1.82) is 0 Å². The Labute approximate surface area is 134 Å². The predicted molar refractivity (Wildman–Crippen MR) is 80.6 cm³/mol. The van der Waals surface area contributed by atoms with Gasteiger partial charge in [-0.25, -0.2) is 9.97 Å². The van der Waals surface area contributed by atoms with Gasteiger partial charge < -0.3 is 4.18 Å². The van der Waals surface area contributed by atoms with Crippen LogP contribution in [0.5, 0.6) is 5.75 Å². The zero-order valence-electron chi connectivity index (χ0n) is 11.9. The minimum absolute atomic E-state index is 0.0301. The highest BCUT2D eigenvalue weighted by Crippen LogP contribution is 2.34. The van der Waals surface area contributed by atoms with E-state index >= 15 is 0 Å². The molecule has 0 aliphatic heterocycles. The van der Waals surface area contributed by atoms with Crippen molar-refractivity contribution < 1.29 is 25.8 Å². The van der Waals surface area contributed by atoms with E-state index in [-0.39, 0.29) is 5.52 Å². The van der Waals surface area contributed by atoms with Gasteiger partial charge in [0.05, 0.1) is 0 Å². The fourth-order valence-electron chi connectivity index (χ4n) is 2.10. The van der Waals surface area contributed by atoms with Crippen molar-refractivity contribution in [3.05, 3.63) is 55.0 Å². The third kappa shape index (κ3) is 3.02. The van der Waals surface area contributed by atoms with E-state index in [4.69, 9.17) is 0 Å². The van der Waals surface area contributed by atoms with Crippen LogP contribution in [0.4, 0.5) is 13.2 Å². The van der Waals surface area contributed by atoms with Gasteiger partial charge in [0.2, 0.25) is 0 Å². The van der Waals surface area contributed by atoms with E-state index in [9.17, 15) is 21.6 Å². The average Bonchev–Trinajstić information content (AvgIpc) is 2.54. The monoisotopic (exact) mass is 354 g/mol. The normalized spacial score (nSPS) is 12.3. The molecule has 0 atom stereocenters. The molecule has 9 heteroatoms. The number of hydrogen-bond acceptors (Lipinski definition) is 5. The fourth-order valence-corrected chi connectivity index (χ4v) is 2.55. The van der Waals surface area contributed by atoms with Crippen LogP contribution in [0.1, 0.15) is 0 Å². The van der Waals surface area contributed by atoms with Crippen molar-refractivity contribution in [1.82, 2.24) is 9.97 Å². The van der Waals surface area contributed by atoms with E-state index in [0.29, 0.717) is 16.5 Å². The van der Waals surface area contributed by atoms with Gasteiger partial charge in [-0.2, -0.15) is 21.6 Å². The van der Waals surface area contributed by atoms with Crippen LogP contribution in [0.25, 0.3) is 22.0 Å². The summed E-state index contributed by atoms with van der Waals surface area (Å²) in [4.78, 5) is 7.61. The van der Waals surface area contributed by atoms with Crippen LogP contribution in [-0.2, 0) is 10.1 Å². The molecule has 0 saturated carbocycles. The van der Waals surface area contributed by atoms with Gasteiger partial charge in [-0.05, 0) is 23.3 Å². The molecular weight excluding hydrogens is 345 g/mol. The van der Waals surface area contributed by atoms with Crippen molar-refractivity contribution in [3.63, 3.8) is 0 Å². The quantitative estimate of drug-likeness (QED) is 0.532. The third-order valence-corrected chi connectivity index (χ3v) is 4.13. The van der Waals surface area contributed by atoms with Gasteiger partial charge in [0, 0.05) is 11.6 Å². The van der Waals surface area contributed by atoms with E-state index in [1.165, 1.54) is 12.3 Å². The minimum Gasteiger partial charge on any atom is -0.374 e. The Morgan fingerprint density at radius 1 is 1.00 bits per heavy atom. The Kier molecular flexibility index (Phi) is 3.88. The average molecular weight is 354 g/mol. The topological polar surface area (TPSA) is 69.2 Å². The number of aromatic nitrogens is 2. The minimum atomic E-state index is -5.80. The van der Waals surface area contributed by atoms with Crippen LogP contribution < -0.4 is 4.18 Å². The summed E-state index contributed by atoms with van der Waals surface area (Å²) < 4.78 is 64.7. The van der Waals surface area contributed by atoms with Crippen LogP contribution in [-0.4, -0.2) is 23.9 Å². The van der Waals surface area contributed by atoms with E-state index in [2.05, 4.69) is 14.2 Å². The molecule has 3 aromatic rings. The molecule has 0 radical (unpaired) electrons. The first kappa shape index (κ1) is 16.2. The highest BCUT2D eigenvalue weighted by molar-refractivity contribution is 7.88. The van der Waals surface area contributed by atoms with E-state index in [1.54, 1.807) is 36.4 Å². The van der Waals surface area contributed by atoms with Crippen LogP contribution in [0, 0.1) is 0 Å². The zero-order valence-corrected chi connectivity index (χ0v) is 12.7. The molecule has 0 saturated heterocycles. The lowest BCUT2D eigenvalue weighted by molar-refractivity contribution is -0.0499. The summed E-state index contributed by atoms with van der Waals surface area (Å²) in [5.74, 6) is -0.508. The number of alkyl halides is 3. The zero-order chi connectivity index (χ0) is 17.4. The molecule has 0 bridgehead atoms. The smallest absolute Gasteiger partial charge is 0.374 e. The Bertz CT molecular complexity index is 990. The molecule has 0 aliphatic carbocycles. The Balaban J connectivity index is 2.19. The maximum absolute atomic E-state index is 12.6. The Morgan fingerprint density at radius 3 is 2.38 bits per heavy atom. The molecule has 1 aromatic heterocycles. The number of fused-ring (bicyclic) bond motifs is 1. The third-order valence-electron chi connectivity index (χ3n) is 3.16. The van der Waals surface area contributed by atoms with Gasteiger partial charge in [-0.3, -0.25) is 0 Å². The summed E-state index contributed by atoms with van der Waals surface area (Å²) in [5, 5.41) is 0.353. The first-order valence-electron chi connectivity index (χ1n) is 6.58. The molecule has 0 fully saturated rings. The SMILES string of the molecule is O=S(=O)(Oc1cc(-c2ccccc2)cc2cncnc12)C(F)(F)F. The second-order valence-electron chi connectivity index (χ2n) is 4.78. The van der Waals surface area contributed by atoms with Crippen LogP contribution in [0.15, 0.2) is 55.0 Å². The van der Waals surface area contributed by atoms with Gasteiger partial charge >= 0.3 is 15.6 Å². The van der Waals surface area contributed by atoms with Gasteiger partial charge in [0.25, 0.3) is 0 Å². The summed E-state index contributed by atoms with van der Waals surface area (Å²) in [7, 11) is -5.80. The molecular formula is C15H9F3N2O3S. The fraction of sp³-hybridized carbons (Fsp3) is 0.0667. The molecule has 1 heterocycles. The van der Waals surface area contributed by atoms with Crippen molar-refractivity contribution in [3.8, 4) is 16.9 Å². The summed E-state index contributed by atoms with van der Waals surface area (Å²) in [6.45, 7) is 0. The summed E-state index contributed by atoms with van der Waals surface area (Å²) in [6, 6.07) is 11.6. The molecule has 0 spiro atoms. The lowest BCUT2D eigenvalue weighted by Gasteiger charge is -2.12. The van der Waals surface area contributed by atoms with Gasteiger partial charge in [0.15, 0.2) is 5.75 Å². The number of nitrogens with zero attached hydrogens (tertiary/aromatic N) is 2. The van der Waals surface area contributed by atoms with Crippen LogP contribution >= 0.6 is 0 Å². The van der Waals surface area contributed by atoms with Crippen molar-refractivity contribution in [2.45, 2.75) is 5.51 Å². The van der Waals surface area contributed by atoms with Gasteiger partial charge in [-0.15, -0.1) is 0 Å². The second-order valence-corrected chi connectivity index (χ2v) is 6.32. The summed E-state index contributed by atoms with van der Waals surface area (Å²) in [6.07, 6.45) is 2.46. The standard InChI is InChI=1S/C15H9F3N2O3S/c16-15(17,18)24(21,22)23-13-7-11(10-4-2-1-3-5-10)6-12-8-19-9-20-14(12)13/h1-9H. The number of hydrogen-bond donors (Lipinski definition) is 0. The Morgan fingerprint density at radius 2 is 1.71 bits per heavy atom. The second kappa shape index (κ2) is 5.75. The highest BCUT2D eigenvalue weighted by Gasteiger charge is 2.48. The van der Waals surface area contributed by atoms with Crippen molar-refractivity contribution in [2.75, 3.05) is 0 Å². The molecule has 0 N–H and O–H groups in total. The molecule has 0 aliphatic rings. The molecule has 0 unspecified atom stereocenters. The molecule has 3 rings (SSSR count). The van der Waals surface area contributed by atoms with Crippen molar-refractivity contribution >= 4 is 21.0 Å². The maximum Gasteiger partial charge on any atom is 0.534 e. The van der Waals surface area contributed by atoms with Crippen LogP contribution in [0.2, 0.25) is 0 Å². The summed E-state index contributed by atoms with van der Waals surface area (Å²) >= 11 is 0. The molecule has 124 valence electrons. The lowest BCUT2D eigenvalue weighted by Crippen LogP contribution is -2.28. The molecule has 24 heavy (non-hydrogen) atoms. The predicted octanol–water partition coefficient (Wildman–Crippen LogP) is 3.53. The number of rotatable bonds is 3. The lowest BCUT2D eigenvalue weighted by atomic mass is 10.0. The first-order chi connectivity index (χ1) is 11.3. The Hall–Kier alpha value is -2.68. The largest absolute Gasteiger partial charge is 0.534 e. The molecule has 2 aromatic carbocycles. The summed E-state index contributed by atoms with van der Waals surface area (Å²) in [5.41, 5.74) is -4.41. The number of halogens is 3. The maximum atomic E-state index is 12.6. The van der Waals surface area contributed by atoms with Crippen molar-refractivity contribution in [2.24, 2.45) is 0 Å². The molecule has 5 nitrogen and oxygen atoms in total. The first-order valence-corrected chi connectivity index (χ1v) is 7.99. The molecule has 0 amide bonds. The number of benzene rings is 2. The van der Waals surface area contributed by atoms with E-state index in [0.717, 1.165) is 6.33 Å². The van der Waals surface area contributed by atoms with E-state index in [1.807, 2.05) is 0 Å². The van der Waals surface area contributed by atoms with E-state index < -0.39 is 21.4 Å². The van der Waals surface area contributed by atoms with Gasteiger partial charge in [-0.1, -0.05) is 30.3 Å². The van der Waals surface area contributed by atoms with Gasteiger partial charge in [0.1, 0.15) is 11.8 Å².